The van der Waals surface area contributed by atoms with E-state index in [1.54, 1.807) is 48.7 Å². The van der Waals surface area contributed by atoms with E-state index in [0.29, 0.717) is 27.7 Å². The Morgan fingerprint density at radius 1 is 1.03 bits per heavy atom. The molecule has 4 aromatic rings. The van der Waals surface area contributed by atoms with Gasteiger partial charge in [-0.2, -0.15) is 0 Å². The number of halogens is 1. The lowest BCUT2D eigenvalue weighted by atomic mass is 10.3. The van der Waals surface area contributed by atoms with E-state index in [0.717, 1.165) is 0 Å². The molecule has 2 aromatic heterocycles. The highest BCUT2D eigenvalue weighted by atomic mass is 35.5. The molecule has 31 heavy (non-hydrogen) atoms. The second-order valence-electron chi connectivity index (χ2n) is 6.42. The first kappa shape index (κ1) is 20.6. The van der Waals surface area contributed by atoms with Gasteiger partial charge in [-0.1, -0.05) is 17.7 Å². The summed E-state index contributed by atoms with van der Waals surface area (Å²) in [6, 6.07) is 14.3. The number of hydrogen-bond donors (Lipinski definition) is 3. The van der Waals surface area contributed by atoms with Crippen LogP contribution >= 0.6 is 11.6 Å². The number of rotatable bonds is 6. The van der Waals surface area contributed by atoms with Gasteiger partial charge in [-0.3, -0.25) is 4.72 Å². The van der Waals surface area contributed by atoms with Crippen molar-refractivity contribution in [2.45, 2.75) is 4.90 Å². The Labute approximate surface area is 183 Å². The van der Waals surface area contributed by atoms with E-state index in [2.05, 4.69) is 25.0 Å². The van der Waals surface area contributed by atoms with E-state index >= 15 is 0 Å². The van der Waals surface area contributed by atoms with E-state index in [1.807, 2.05) is 0 Å². The van der Waals surface area contributed by atoms with Crippen LogP contribution < -0.4 is 20.5 Å². The Morgan fingerprint density at radius 3 is 2.65 bits per heavy atom. The van der Waals surface area contributed by atoms with E-state index < -0.39 is 10.0 Å². The Hall–Kier alpha value is -3.63. The molecule has 0 aliphatic heterocycles. The summed E-state index contributed by atoms with van der Waals surface area (Å²) in [5, 5.41) is 3.42. The van der Waals surface area contributed by atoms with Gasteiger partial charge in [-0.25, -0.2) is 23.4 Å². The van der Waals surface area contributed by atoms with Gasteiger partial charge in [0, 0.05) is 18.0 Å². The minimum Gasteiger partial charge on any atom is -0.497 e. The molecule has 0 spiro atoms. The lowest BCUT2D eigenvalue weighted by Crippen LogP contribution is -2.16. The number of aromatic nitrogens is 3. The van der Waals surface area contributed by atoms with Gasteiger partial charge in [0.05, 0.1) is 22.7 Å². The van der Waals surface area contributed by atoms with Crippen LogP contribution in [0.5, 0.6) is 5.75 Å². The van der Waals surface area contributed by atoms with E-state index in [9.17, 15) is 8.42 Å². The van der Waals surface area contributed by atoms with Gasteiger partial charge in [0.15, 0.2) is 17.3 Å². The number of hydrogen-bond acceptors (Lipinski definition) is 8. The van der Waals surface area contributed by atoms with E-state index in [-0.39, 0.29) is 22.2 Å². The average Bonchev–Trinajstić information content (AvgIpc) is 2.75. The predicted octanol–water partition coefficient (Wildman–Crippen LogP) is 3.81. The molecule has 0 aliphatic carbocycles. The van der Waals surface area contributed by atoms with E-state index in [1.165, 1.54) is 19.2 Å². The van der Waals surface area contributed by atoms with Crippen molar-refractivity contribution >= 4 is 55.8 Å². The van der Waals surface area contributed by atoms with Gasteiger partial charge >= 0.3 is 0 Å². The number of nitrogens with zero attached hydrogens (tertiary/aromatic N) is 3. The number of sulfonamides is 1. The summed E-state index contributed by atoms with van der Waals surface area (Å²) in [5.74, 6) is 0.653. The third kappa shape index (κ3) is 4.44. The first-order chi connectivity index (χ1) is 14.9. The number of nitrogens with two attached hydrogens (primary N) is 1. The standard InChI is InChI=1S/C20H17ClN6O3S/c1-30-13-7-8-15(21)17(11-13)25-19-20(26-18-16(24-19)6-3-9-23-18)27-31(28,29)14-5-2-4-12(22)10-14/h2-11H,22H2,1H3,(H,24,25)(H,23,26,27). The first-order valence-electron chi connectivity index (χ1n) is 8.97. The quantitative estimate of drug-likeness (QED) is 0.373. The maximum absolute atomic E-state index is 12.9. The number of pyridine rings is 1. The summed E-state index contributed by atoms with van der Waals surface area (Å²) in [6.45, 7) is 0. The number of ether oxygens (including phenoxy) is 1. The first-order valence-corrected chi connectivity index (χ1v) is 10.8. The number of benzene rings is 2. The zero-order chi connectivity index (χ0) is 22.0. The third-order valence-corrected chi connectivity index (χ3v) is 5.93. The molecule has 11 heteroatoms. The van der Waals surface area contributed by atoms with Crippen molar-refractivity contribution in [2.75, 3.05) is 22.9 Å². The molecule has 158 valence electrons. The largest absolute Gasteiger partial charge is 0.497 e. The smallest absolute Gasteiger partial charge is 0.263 e. The average molecular weight is 457 g/mol. The molecule has 0 fully saturated rings. The second-order valence-corrected chi connectivity index (χ2v) is 8.51. The van der Waals surface area contributed by atoms with Crippen LogP contribution in [0.15, 0.2) is 65.7 Å². The van der Waals surface area contributed by atoms with Crippen LogP contribution in [-0.2, 0) is 10.0 Å². The third-order valence-electron chi connectivity index (χ3n) is 4.27. The molecule has 4 rings (SSSR count). The Kier molecular flexibility index (Phi) is 5.49. The molecule has 2 aromatic carbocycles. The Bertz CT molecular complexity index is 1380. The van der Waals surface area contributed by atoms with Crippen LogP contribution in [0.3, 0.4) is 0 Å². The van der Waals surface area contributed by atoms with Gasteiger partial charge in [-0.05, 0) is 42.5 Å². The lowest BCUT2D eigenvalue weighted by Gasteiger charge is -2.15. The van der Waals surface area contributed by atoms with Gasteiger partial charge in [0.1, 0.15) is 11.3 Å². The van der Waals surface area contributed by atoms with Gasteiger partial charge in [0.2, 0.25) is 0 Å². The zero-order valence-corrected chi connectivity index (χ0v) is 17.8. The highest BCUT2D eigenvalue weighted by molar-refractivity contribution is 7.92. The molecule has 0 aliphatic rings. The summed E-state index contributed by atoms with van der Waals surface area (Å²) >= 11 is 6.29. The molecule has 0 atom stereocenters. The van der Waals surface area contributed by atoms with Crippen LogP contribution in [0.4, 0.5) is 23.0 Å². The fraction of sp³-hybridized carbons (Fsp3) is 0.0500. The molecule has 0 saturated heterocycles. The van der Waals surface area contributed by atoms with Gasteiger partial charge in [0.25, 0.3) is 10.0 Å². The summed E-state index contributed by atoms with van der Waals surface area (Å²) in [7, 11) is -2.47. The number of methoxy groups -OCH3 is 1. The fourth-order valence-corrected chi connectivity index (χ4v) is 4.00. The predicted molar refractivity (Wildman–Crippen MR) is 120 cm³/mol. The second kappa shape index (κ2) is 8.25. The van der Waals surface area contributed by atoms with E-state index in [4.69, 9.17) is 22.1 Å². The fourth-order valence-electron chi connectivity index (χ4n) is 2.78. The van der Waals surface area contributed by atoms with Crippen molar-refractivity contribution in [2.24, 2.45) is 0 Å². The van der Waals surface area contributed by atoms with Gasteiger partial charge < -0.3 is 15.8 Å². The number of fused-ring (bicyclic) bond motifs is 1. The molecular weight excluding hydrogens is 440 g/mol. The minimum atomic E-state index is -4.00. The van der Waals surface area contributed by atoms with Crippen LogP contribution in [0.2, 0.25) is 5.02 Å². The molecule has 4 N–H and O–H groups in total. The number of anilines is 4. The molecule has 0 unspecified atom stereocenters. The highest BCUT2D eigenvalue weighted by Crippen LogP contribution is 2.32. The maximum atomic E-state index is 12.9. The maximum Gasteiger partial charge on any atom is 0.263 e. The van der Waals surface area contributed by atoms with Crippen LogP contribution in [0.25, 0.3) is 11.2 Å². The summed E-state index contributed by atoms with van der Waals surface area (Å²) < 4.78 is 33.6. The molecule has 0 radical (unpaired) electrons. The van der Waals surface area contributed by atoms with Crippen LogP contribution in [0.1, 0.15) is 0 Å². The Balaban J connectivity index is 1.80. The van der Waals surface area contributed by atoms with Crippen molar-refractivity contribution in [3.05, 3.63) is 65.8 Å². The monoisotopic (exact) mass is 456 g/mol. The summed E-state index contributed by atoms with van der Waals surface area (Å²) in [6.07, 6.45) is 1.54. The lowest BCUT2D eigenvalue weighted by molar-refractivity contribution is 0.415. The molecule has 0 bridgehead atoms. The van der Waals surface area contributed by atoms with Crippen molar-refractivity contribution in [1.29, 1.82) is 0 Å². The number of nitrogen functional groups attached to an aromatic ring is 1. The van der Waals surface area contributed by atoms with Gasteiger partial charge in [-0.15, -0.1) is 0 Å². The topological polar surface area (TPSA) is 132 Å². The molecular formula is C20H17ClN6O3S. The summed E-state index contributed by atoms with van der Waals surface area (Å²) in [5.41, 5.74) is 7.25. The molecule has 0 amide bonds. The van der Waals surface area contributed by atoms with Crippen molar-refractivity contribution < 1.29 is 13.2 Å². The molecule has 0 saturated carbocycles. The van der Waals surface area contributed by atoms with Crippen LogP contribution in [0, 0.1) is 0 Å². The summed E-state index contributed by atoms with van der Waals surface area (Å²) in [4.78, 5) is 13.0. The molecule has 9 nitrogen and oxygen atoms in total. The van der Waals surface area contributed by atoms with Crippen LogP contribution in [-0.4, -0.2) is 30.5 Å². The van der Waals surface area contributed by atoms with Crippen molar-refractivity contribution in [3.8, 4) is 5.75 Å². The SMILES string of the molecule is COc1ccc(Cl)c(Nc2nc3cccnc3nc2NS(=O)(=O)c2cccc(N)c2)c1. The minimum absolute atomic E-state index is 0.0132. The highest BCUT2D eigenvalue weighted by Gasteiger charge is 2.20. The van der Waals surface area contributed by atoms with Crippen molar-refractivity contribution in [1.82, 2.24) is 15.0 Å². The zero-order valence-electron chi connectivity index (χ0n) is 16.2. The number of nitrogens with one attached hydrogen (secondary N) is 2. The normalized spacial score (nSPS) is 11.3. The molecule has 2 heterocycles. The van der Waals surface area contributed by atoms with Crippen molar-refractivity contribution in [3.63, 3.8) is 0 Å². The Morgan fingerprint density at radius 2 is 1.87 bits per heavy atom.